The fourth-order valence-electron chi connectivity index (χ4n) is 2.05. The molecule has 1 amide bonds. The summed E-state index contributed by atoms with van der Waals surface area (Å²) in [5, 5.41) is 2.84. The van der Waals surface area contributed by atoms with Crippen LogP contribution in [0.4, 0.5) is 0 Å². The molecule has 18 heavy (non-hydrogen) atoms. The summed E-state index contributed by atoms with van der Waals surface area (Å²) < 4.78 is 0. The summed E-state index contributed by atoms with van der Waals surface area (Å²) in [5.74, 6) is 0.0574. The second kappa shape index (κ2) is 5.41. The summed E-state index contributed by atoms with van der Waals surface area (Å²) in [6, 6.07) is 3.66. The van der Waals surface area contributed by atoms with Gasteiger partial charge >= 0.3 is 0 Å². The highest BCUT2D eigenvalue weighted by atomic mass is 32.1. The van der Waals surface area contributed by atoms with Gasteiger partial charge in [0.05, 0.1) is 6.04 Å². The minimum atomic E-state index is -0.141. The number of hydrogen-bond donors (Lipinski definition) is 2. The summed E-state index contributed by atoms with van der Waals surface area (Å²) >= 11 is 4.99. The predicted molar refractivity (Wildman–Crippen MR) is 73.0 cm³/mol. The van der Waals surface area contributed by atoms with Crippen molar-refractivity contribution in [2.75, 3.05) is 13.1 Å². The summed E-state index contributed by atoms with van der Waals surface area (Å²) in [5.41, 5.74) is 7.26. The molecule has 0 spiro atoms. The predicted octanol–water partition coefficient (Wildman–Crippen LogP) is 0.0361. The van der Waals surface area contributed by atoms with E-state index in [9.17, 15) is 4.79 Å². The van der Waals surface area contributed by atoms with Gasteiger partial charge in [-0.3, -0.25) is 14.7 Å². The Morgan fingerprint density at radius 1 is 1.72 bits per heavy atom. The van der Waals surface area contributed by atoms with E-state index in [4.69, 9.17) is 18.0 Å². The lowest BCUT2D eigenvalue weighted by Crippen LogP contribution is -2.53. The second-order valence-electron chi connectivity index (χ2n) is 4.31. The first kappa shape index (κ1) is 12.9. The minimum Gasteiger partial charge on any atom is -0.388 e. The summed E-state index contributed by atoms with van der Waals surface area (Å²) in [4.78, 5) is 18.2. The third-order valence-corrected chi connectivity index (χ3v) is 3.32. The number of aromatic nitrogens is 1. The van der Waals surface area contributed by atoms with Gasteiger partial charge in [-0.25, -0.2) is 0 Å². The van der Waals surface area contributed by atoms with Gasteiger partial charge in [0.15, 0.2) is 0 Å². The molecule has 0 bridgehead atoms. The highest BCUT2D eigenvalue weighted by Crippen LogP contribution is 2.13. The van der Waals surface area contributed by atoms with Crippen LogP contribution in [0.25, 0.3) is 0 Å². The van der Waals surface area contributed by atoms with Crippen LogP contribution < -0.4 is 11.1 Å². The molecule has 3 N–H and O–H groups in total. The first-order chi connectivity index (χ1) is 8.59. The van der Waals surface area contributed by atoms with Crippen LogP contribution in [0.3, 0.4) is 0 Å². The van der Waals surface area contributed by atoms with Gasteiger partial charge in [-0.05, 0) is 18.6 Å². The highest BCUT2D eigenvalue weighted by Gasteiger charge is 2.26. The molecule has 0 aromatic carbocycles. The number of amides is 1. The van der Waals surface area contributed by atoms with E-state index in [1.165, 1.54) is 0 Å². The highest BCUT2D eigenvalue weighted by molar-refractivity contribution is 7.80. The van der Waals surface area contributed by atoms with Gasteiger partial charge in [0.25, 0.3) is 0 Å². The number of carbonyl (C=O) groups excluding carboxylic acids is 1. The lowest BCUT2D eigenvalue weighted by atomic mass is 10.1. The number of carbonyl (C=O) groups is 1. The Labute approximate surface area is 111 Å². The molecule has 2 heterocycles. The fourth-order valence-corrected chi connectivity index (χ4v) is 2.24. The van der Waals surface area contributed by atoms with Gasteiger partial charge in [0, 0.05) is 25.8 Å². The summed E-state index contributed by atoms with van der Waals surface area (Å²) in [6.45, 7) is 4.02. The molecule has 5 nitrogen and oxygen atoms in total. The van der Waals surface area contributed by atoms with Crippen molar-refractivity contribution in [2.24, 2.45) is 5.73 Å². The van der Waals surface area contributed by atoms with E-state index in [-0.39, 0.29) is 11.9 Å². The molecule has 1 fully saturated rings. The van der Waals surface area contributed by atoms with Crippen LogP contribution in [0.15, 0.2) is 18.3 Å². The van der Waals surface area contributed by atoms with Crippen molar-refractivity contribution in [2.45, 2.75) is 19.5 Å². The molecular formula is C12H16N4OS. The van der Waals surface area contributed by atoms with Crippen molar-refractivity contribution in [1.82, 2.24) is 15.2 Å². The van der Waals surface area contributed by atoms with Gasteiger partial charge in [-0.1, -0.05) is 18.3 Å². The Morgan fingerprint density at radius 2 is 2.50 bits per heavy atom. The molecule has 1 unspecified atom stereocenters. The molecule has 96 valence electrons. The van der Waals surface area contributed by atoms with Crippen LogP contribution in [0.5, 0.6) is 0 Å². The monoisotopic (exact) mass is 264 g/mol. The van der Waals surface area contributed by atoms with Crippen LogP contribution in [0.1, 0.15) is 18.2 Å². The summed E-state index contributed by atoms with van der Waals surface area (Å²) in [7, 11) is 0. The first-order valence-electron chi connectivity index (χ1n) is 5.85. The van der Waals surface area contributed by atoms with Crippen molar-refractivity contribution >= 4 is 23.1 Å². The largest absolute Gasteiger partial charge is 0.388 e. The number of nitrogens with zero attached hydrogens (tertiary/aromatic N) is 2. The molecule has 6 heteroatoms. The average molecular weight is 264 g/mol. The topological polar surface area (TPSA) is 71.2 Å². The first-order valence-corrected chi connectivity index (χ1v) is 6.26. The average Bonchev–Trinajstić information content (AvgIpc) is 2.35. The van der Waals surface area contributed by atoms with Gasteiger partial charge < -0.3 is 11.1 Å². The van der Waals surface area contributed by atoms with Crippen molar-refractivity contribution in [1.29, 1.82) is 0 Å². The number of thiocarbonyl (C=S) groups is 1. The molecular weight excluding hydrogens is 248 g/mol. The maximum Gasteiger partial charge on any atom is 0.237 e. The quantitative estimate of drug-likeness (QED) is 0.754. The summed E-state index contributed by atoms with van der Waals surface area (Å²) in [6.07, 6.45) is 1.67. The van der Waals surface area contributed by atoms with E-state index in [0.29, 0.717) is 23.8 Å². The molecule has 1 aromatic heterocycles. The number of nitrogens with two attached hydrogens (primary N) is 1. The van der Waals surface area contributed by atoms with E-state index in [2.05, 4.69) is 15.2 Å². The maximum atomic E-state index is 11.6. The molecule has 0 saturated carbocycles. The molecule has 1 aliphatic heterocycles. The van der Waals surface area contributed by atoms with E-state index < -0.39 is 0 Å². The third-order valence-electron chi connectivity index (χ3n) is 3.12. The lowest BCUT2D eigenvalue weighted by molar-refractivity contribution is -0.128. The molecule has 0 radical (unpaired) electrons. The standard InChI is InChI=1S/C12H16N4OS/c1-8-12(17)15-5-6-16(8)7-9-3-2-4-14-10(9)11(13)18/h2-4,8H,5-7H2,1H3,(H2,13,18)(H,15,17). The molecule has 1 atom stereocenters. The molecule has 2 rings (SSSR count). The van der Waals surface area contributed by atoms with E-state index in [1.54, 1.807) is 6.20 Å². The molecule has 1 saturated heterocycles. The number of piperazine rings is 1. The molecule has 0 aliphatic carbocycles. The number of pyridine rings is 1. The fraction of sp³-hybridized carbons (Fsp3) is 0.417. The maximum absolute atomic E-state index is 11.6. The SMILES string of the molecule is CC1C(=O)NCCN1Cc1cccnc1C(N)=S. The van der Waals surface area contributed by atoms with Gasteiger partial charge in [-0.15, -0.1) is 0 Å². The number of rotatable bonds is 3. The van der Waals surface area contributed by atoms with E-state index in [1.807, 2.05) is 19.1 Å². The van der Waals surface area contributed by atoms with E-state index in [0.717, 1.165) is 12.1 Å². The zero-order valence-corrected chi connectivity index (χ0v) is 11.0. The van der Waals surface area contributed by atoms with E-state index >= 15 is 0 Å². The second-order valence-corrected chi connectivity index (χ2v) is 4.75. The van der Waals surface area contributed by atoms with Crippen molar-refractivity contribution in [3.05, 3.63) is 29.6 Å². The zero-order chi connectivity index (χ0) is 13.1. The Morgan fingerprint density at radius 3 is 3.22 bits per heavy atom. The number of nitrogens with one attached hydrogen (secondary N) is 1. The van der Waals surface area contributed by atoms with Crippen molar-refractivity contribution < 1.29 is 4.79 Å². The van der Waals surface area contributed by atoms with Crippen molar-refractivity contribution in [3.63, 3.8) is 0 Å². The lowest BCUT2D eigenvalue weighted by Gasteiger charge is -2.32. The van der Waals surface area contributed by atoms with Crippen LogP contribution >= 0.6 is 12.2 Å². The van der Waals surface area contributed by atoms with Crippen LogP contribution in [0, 0.1) is 0 Å². The van der Waals surface area contributed by atoms with Gasteiger partial charge in [0.2, 0.25) is 5.91 Å². The van der Waals surface area contributed by atoms with Crippen LogP contribution in [-0.2, 0) is 11.3 Å². The van der Waals surface area contributed by atoms with Crippen LogP contribution in [-0.4, -0.2) is 39.9 Å². The Kier molecular flexibility index (Phi) is 3.88. The Balaban J connectivity index is 2.18. The molecule has 1 aromatic rings. The zero-order valence-electron chi connectivity index (χ0n) is 10.2. The Hall–Kier alpha value is -1.53. The third kappa shape index (κ3) is 2.65. The van der Waals surface area contributed by atoms with Gasteiger partial charge in [0.1, 0.15) is 10.7 Å². The minimum absolute atomic E-state index is 0.0574. The molecule has 1 aliphatic rings. The van der Waals surface area contributed by atoms with Crippen molar-refractivity contribution in [3.8, 4) is 0 Å². The Bertz CT molecular complexity index is 477. The van der Waals surface area contributed by atoms with Crippen LogP contribution in [0.2, 0.25) is 0 Å². The normalized spacial score (nSPS) is 20.5. The van der Waals surface area contributed by atoms with Gasteiger partial charge in [-0.2, -0.15) is 0 Å². The smallest absolute Gasteiger partial charge is 0.237 e. The number of hydrogen-bond acceptors (Lipinski definition) is 4.